The number of likely N-dealkylation sites (tertiary alicyclic amines) is 1. The van der Waals surface area contributed by atoms with Gasteiger partial charge in [-0.3, -0.25) is 14.6 Å². The summed E-state index contributed by atoms with van der Waals surface area (Å²) < 4.78 is 42.1. The maximum Gasteiger partial charge on any atom is 0.409 e. The van der Waals surface area contributed by atoms with Crippen LogP contribution >= 0.6 is 0 Å². The fourth-order valence-corrected chi connectivity index (χ4v) is 4.50. The molecular weight excluding hydrogens is 437 g/mol. The number of rotatable bonds is 4. The van der Waals surface area contributed by atoms with Crippen LogP contribution in [0.1, 0.15) is 42.7 Å². The molecule has 0 aliphatic carbocycles. The number of amides is 1. The fourth-order valence-electron chi connectivity index (χ4n) is 4.50. The molecule has 176 valence electrons. The summed E-state index contributed by atoms with van der Waals surface area (Å²) in [5.41, 5.74) is 1.20. The van der Waals surface area contributed by atoms with Gasteiger partial charge in [-0.15, -0.1) is 5.10 Å². The smallest absolute Gasteiger partial charge is 0.337 e. The van der Waals surface area contributed by atoms with E-state index in [-0.39, 0.29) is 42.3 Å². The Labute approximate surface area is 187 Å². The van der Waals surface area contributed by atoms with Crippen molar-refractivity contribution in [1.29, 1.82) is 0 Å². The molecule has 0 aromatic carbocycles. The fraction of sp³-hybridized carbons (Fsp3) is 0.455. The Bertz CT molecular complexity index is 1250. The second-order valence-corrected chi connectivity index (χ2v) is 8.28. The normalized spacial score (nSPS) is 19.3. The average molecular weight is 462 g/mol. The maximum atomic E-state index is 13.4. The van der Waals surface area contributed by atoms with Crippen molar-refractivity contribution in [3.05, 3.63) is 57.8 Å². The highest BCUT2D eigenvalue weighted by molar-refractivity contribution is 5.95. The summed E-state index contributed by atoms with van der Waals surface area (Å²) in [4.78, 5) is 29.9. The number of nitrogens with zero attached hydrogens (tertiary/aromatic N) is 5. The third-order valence-electron chi connectivity index (χ3n) is 6.26. The Morgan fingerprint density at radius 3 is 2.52 bits per heavy atom. The van der Waals surface area contributed by atoms with Gasteiger partial charge < -0.3 is 4.90 Å². The van der Waals surface area contributed by atoms with Crippen LogP contribution in [-0.2, 0) is 0 Å². The van der Waals surface area contributed by atoms with Crippen LogP contribution in [0.2, 0.25) is 0 Å². The summed E-state index contributed by atoms with van der Waals surface area (Å²) in [5.74, 6) is -0.865. The molecule has 1 fully saturated rings. The lowest BCUT2D eigenvalue weighted by molar-refractivity contribution is -0.0818. The number of alkyl halides is 3. The second kappa shape index (κ2) is 8.53. The average Bonchev–Trinajstić information content (AvgIpc) is 3.39. The molecule has 0 saturated carbocycles. The van der Waals surface area contributed by atoms with E-state index in [2.05, 4.69) is 15.2 Å². The molecule has 1 saturated heterocycles. The predicted molar refractivity (Wildman–Crippen MR) is 115 cm³/mol. The molecule has 1 aliphatic rings. The maximum absolute atomic E-state index is 13.4. The van der Waals surface area contributed by atoms with Gasteiger partial charge in [0.05, 0.1) is 17.5 Å². The molecule has 4 heterocycles. The molecule has 33 heavy (non-hydrogen) atoms. The summed E-state index contributed by atoms with van der Waals surface area (Å²) >= 11 is 0. The highest BCUT2D eigenvalue weighted by atomic mass is 19.4. The van der Waals surface area contributed by atoms with Gasteiger partial charge in [0, 0.05) is 25.4 Å². The van der Waals surface area contributed by atoms with E-state index in [1.54, 1.807) is 30.2 Å². The third kappa shape index (κ3) is 4.31. The molecular formula is C22H25F3N6O2. The van der Waals surface area contributed by atoms with E-state index in [0.29, 0.717) is 41.3 Å². The van der Waals surface area contributed by atoms with Crippen LogP contribution < -0.4 is 5.56 Å². The highest BCUT2D eigenvalue weighted by Gasteiger charge is 2.37. The molecule has 8 nitrogen and oxygen atoms in total. The Kier molecular flexibility index (Phi) is 5.89. The molecule has 0 radical (unpaired) electrons. The Balaban J connectivity index is 1.64. The molecule has 0 bridgehead atoms. The molecule has 4 rings (SSSR count). The van der Waals surface area contributed by atoms with Crippen molar-refractivity contribution < 1.29 is 18.0 Å². The van der Waals surface area contributed by atoms with E-state index in [9.17, 15) is 22.8 Å². The molecule has 2 unspecified atom stereocenters. The first-order valence-electron chi connectivity index (χ1n) is 10.8. The highest BCUT2D eigenvalue weighted by Crippen LogP contribution is 2.36. The number of hydrogen-bond donors (Lipinski definition) is 1. The minimum absolute atomic E-state index is 0.159. The number of hydrogen-bond acceptors (Lipinski definition) is 4. The summed E-state index contributed by atoms with van der Waals surface area (Å²) in [5, 5.41) is 8.57. The second-order valence-electron chi connectivity index (χ2n) is 8.28. The first-order valence-corrected chi connectivity index (χ1v) is 10.8. The minimum Gasteiger partial charge on any atom is -0.337 e. The molecule has 3 aromatic rings. The van der Waals surface area contributed by atoms with Gasteiger partial charge in [-0.05, 0) is 43.7 Å². The van der Waals surface area contributed by atoms with Gasteiger partial charge in [0.15, 0.2) is 0 Å². The Hall–Kier alpha value is -3.37. The molecule has 1 aliphatic heterocycles. The minimum atomic E-state index is -4.38. The van der Waals surface area contributed by atoms with E-state index in [1.165, 1.54) is 15.4 Å². The first kappa shape index (κ1) is 22.8. The predicted octanol–water partition coefficient (Wildman–Crippen LogP) is 3.51. The van der Waals surface area contributed by atoms with E-state index < -0.39 is 6.18 Å². The van der Waals surface area contributed by atoms with Crippen molar-refractivity contribution in [3.8, 4) is 5.95 Å². The monoisotopic (exact) mass is 462 g/mol. The molecule has 11 heteroatoms. The Morgan fingerprint density at radius 1 is 1.24 bits per heavy atom. The standard InChI is InChI=1S/C22H25F3N6O2/c1-4-14-11-29(12-15(5-2)16(14)9-22(23,24)25)20(33)17-10-26-31(13(17)3)21-27-19(32)18-7-6-8-30(18)28-21/h6-10,14-15H,4-5,11-12H2,1-3H3,(H,27,28,32). The zero-order chi connectivity index (χ0) is 23.9. The van der Waals surface area contributed by atoms with Gasteiger partial charge in [-0.25, -0.2) is 9.20 Å². The lowest BCUT2D eigenvalue weighted by atomic mass is 9.80. The van der Waals surface area contributed by atoms with Crippen LogP contribution in [0, 0.1) is 18.8 Å². The molecule has 2 atom stereocenters. The van der Waals surface area contributed by atoms with Crippen molar-refractivity contribution in [2.24, 2.45) is 11.8 Å². The zero-order valence-corrected chi connectivity index (χ0v) is 18.6. The number of aromatic nitrogens is 5. The lowest BCUT2D eigenvalue weighted by Gasteiger charge is -2.40. The number of carbonyl (C=O) groups is 1. The summed E-state index contributed by atoms with van der Waals surface area (Å²) in [6.45, 7) is 5.77. The van der Waals surface area contributed by atoms with Gasteiger partial charge in [0.1, 0.15) is 5.52 Å². The molecule has 0 spiro atoms. The summed E-state index contributed by atoms with van der Waals surface area (Å²) in [6, 6.07) is 3.32. The third-order valence-corrected chi connectivity index (χ3v) is 6.26. The van der Waals surface area contributed by atoms with Crippen LogP contribution in [0.4, 0.5) is 13.2 Å². The van der Waals surface area contributed by atoms with Crippen LogP contribution in [0.5, 0.6) is 0 Å². The number of H-pyrrole nitrogens is 1. The van der Waals surface area contributed by atoms with E-state index in [4.69, 9.17) is 0 Å². The van der Waals surface area contributed by atoms with Crippen molar-refractivity contribution in [1.82, 2.24) is 29.3 Å². The number of aromatic amines is 1. The number of piperidine rings is 1. The van der Waals surface area contributed by atoms with Crippen molar-refractivity contribution in [2.75, 3.05) is 13.1 Å². The van der Waals surface area contributed by atoms with Crippen LogP contribution in [0.15, 0.2) is 41.0 Å². The number of halogens is 3. The Morgan fingerprint density at radius 2 is 1.91 bits per heavy atom. The first-order chi connectivity index (χ1) is 15.6. The number of carbonyl (C=O) groups excluding carboxylic acids is 1. The largest absolute Gasteiger partial charge is 0.409 e. The van der Waals surface area contributed by atoms with Crippen LogP contribution in [0.25, 0.3) is 11.5 Å². The SMILES string of the molecule is CCC1CN(C(=O)c2cnn(-c3nn4cccc4c(=O)[nH]3)c2C)CC(CC)C1=CC(F)(F)F. The van der Waals surface area contributed by atoms with E-state index >= 15 is 0 Å². The van der Waals surface area contributed by atoms with Crippen molar-refractivity contribution in [2.45, 2.75) is 39.8 Å². The number of nitrogens with one attached hydrogen (secondary N) is 1. The quantitative estimate of drug-likeness (QED) is 0.601. The van der Waals surface area contributed by atoms with Gasteiger partial charge in [-0.2, -0.15) is 18.3 Å². The van der Waals surface area contributed by atoms with E-state index in [1.807, 2.05) is 13.8 Å². The molecule has 1 amide bonds. The zero-order valence-electron chi connectivity index (χ0n) is 18.6. The van der Waals surface area contributed by atoms with Gasteiger partial charge in [0.25, 0.3) is 11.5 Å². The van der Waals surface area contributed by atoms with Crippen LogP contribution in [-0.4, -0.2) is 54.5 Å². The van der Waals surface area contributed by atoms with Gasteiger partial charge in [-0.1, -0.05) is 19.4 Å². The van der Waals surface area contributed by atoms with E-state index in [0.717, 1.165) is 0 Å². The van der Waals surface area contributed by atoms with Gasteiger partial charge >= 0.3 is 6.18 Å². The lowest BCUT2D eigenvalue weighted by Crippen LogP contribution is -2.45. The van der Waals surface area contributed by atoms with Crippen molar-refractivity contribution >= 4 is 11.4 Å². The van der Waals surface area contributed by atoms with Gasteiger partial charge in [0.2, 0.25) is 5.95 Å². The topological polar surface area (TPSA) is 88.3 Å². The molecule has 1 N–H and O–H groups in total. The summed E-state index contributed by atoms with van der Waals surface area (Å²) in [6.07, 6.45) is 0.0740. The number of allylic oxidation sites excluding steroid dienone is 1. The summed E-state index contributed by atoms with van der Waals surface area (Å²) in [7, 11) is 0. The molecule has 3 aromatic heterocycles. The van der Waals surface area contributed by atoms with Crippen LogP contribution in [0.3, 0.4) is 0 Å². The van der Waals surface area contributed by atoms with Crippen molar-refractivity contribution in [3.63, 3.8) is 0 Å². The number of fused-ring (bicyclic) bond motifs is 1.